The first-order valence-corrected chi connectivity index (χ1v) is 14.1. The highest BCUT2D eigenvalue weighted by atomic mass is 31.1. The fourth-order valence-corrected chi connectivity index (χ4v) is 10.2. The maximum absolute atomic E-state index is 5.88. The highest BCUT2D eigenvalue weighted by Crippen LogP contribution is 2.48. The number of ether oxygens (including phenoxy) is 2. The lowest BCUT2D eigenvalue weighted by Crippen LogP contribution is -2.29. The van der Waals surface area contributed by atoms with E-state index in [1.807, 2.05) is 7.11 Å². The third-order valence-corrected chi connectivity index (χ3v) is 11.5. The lowest BCUT2D eigenvalue weighted by molar-refractivity contribution is 0.145. The highest BCUT2D eigenvalue weighted by Gasteiger charge is 2.29. The van der Waals surface area contributed by atoms with Gasteiger partial charge in [-0.2, -0.15) is 0 Å². The van der Waals surface area contributed by atoms with Crippen LogP contribution in [-0.2, 0) is 4.74 Å². The van der Waals surface area contributed by atoms with Crippen LogP contribution in [0.5, 0.6) is 5.75 Å². The van der Waals surface area contributed by atoms with Crippen molar-refractivity contribution in [3.05, 3.63) is 109 Å². The molecule has 0 saturated carbocycles. The molecule has 2 unspecified atom stereocenters. The second-order valence-corrected chi connectivity index (χ2v) is 12.4. The van der Waals surface area contributed by atoms with Crippen molar-refractivity contribution < 1.29 is 9.47 Å². The summed E-state index contributed by atoms with van der Waals surface area (Å²) in [5.74, 6) is 0.988. The number of hydrogen-bond acceptors (Lipinski definition) is 2. The Morgan fingerprint density at radius 2 is 1.31 bits per heavy atom. The highest BCUT2D eigenvalue weighted by molar-refractivity contribution is 7.74. The molecule has 0 N–H and O–H groups in total. The molecule has 3 aromatic rings. The lowest BCUT2D eigenvalue weighted by Gasteiger charge is -2.33. The first kappa shape index (κ1) is 22.9. The fourth-order valence-electron chi connectivity index (χ4n) is 4.20. The van der Waals surface area contributed by atoms with Gasteiger partial charge in [0.1, 0.15) is 5.75 Å². The van der Waals surface area contributed by atoms with Crippen molar-refractivity contribution in [1.82, 2.24) is 0 Å². The Morgan fingerprint density at radius 1 is 0.688 bits per heavy atom. The molecule has 4 atom stereocenters. The molecule has 2 nitrogen and oxygen atoms in total. The topological polar surface area (TPSA) is 18.5 Å². The molecule has 0 amide bonds. The molecule has 3 aromatic carbocycles. The van der Waals surface area contributed by atoms with Crippen molar-refractivity contribution in [1.29, 1.82) is 0 Å². The fraction of sp³-hybridized carbons (Fsp3) is 0.214. The van der Waals surface area contributed by atoms with Gasteiger partial charge in [-0.3, -0.25) is 0 Å². The van der Waals surface area contributed by atoms with E-state index in [-0.39, 0.29) is 6.10 Å². The summed E-state index contributed by atoms with van der Waals surface area (Å²) in [5.41, 5.74) is 0.382. The molecule has 32 heavy (non-hydrogen) atoms. The molecule has 0 spiro atoms. The van der Waals surface area contributed by atoms with Gasteiger partial charge < -0.3 is 9.47 Å². The van der Waals surface area contributed by atoms with Crippen LogP contribution in [0.15, 0.2) is 109 Å². The molecule has 0 fully saturated rings. The van der Waals surface area contributed by atoms with Gasteiger partial charge >= 0.3 is 0 Å². The quantitative estimate of drug-likeness (QED) is 0.396. The van der Waals surface area contributed by atoms with Crippen LogP contribution in [-0.4, -0.2) is 38.3 Å². The molecule has 0 bridgehead atoms. The van der Waals surface area contributed by atoms with Gasteiger partial charge in [-0.05, 0) is 36.9 Å². The molecule has 4 heteroatoms. The molecule has 0 aliphatic heterocycles. The Balaban J connectivity index is 1.67. The van der Waals surface area contributed by atoms with Crippen LogP contribution >= 0.6 is 15.8 Å². The maximum Gasteiger partial charge on any atom is 0.126 e. The zero-order valence-electron chi connectivity index (χ0n) is 18.7. The second-order valence-electron chi connectivity index (χ2n) is 7.65. The van der Waals surface area contributed by atoms with Crippen LogP contribution in [0.2, 0.25) is 0 Å². The predicted octanol–water partition coefficient (Wildman–Crippen LogP) is 5.44. The van der Waals surface area contributed by atoms with Gasteiger partial charge in [-0.15, -0.1) is 0 Å². The predicted molar refractivity (Wildman–Crippen MR) is 141 cm³/mol. The smallest absolute Gasteiger partial charge is 0.126 e. The van der Waals surface area contributed by atoms with Gasteiger partial charge in [0.15, 0.2) is 0 Å². The number of allylic oxidation sites excluding steroid dienone is 2. The van der Waals surface area contributed by atoms with Gasteiger partial charge in [0, 0.05) is 18.1 Å². The minimum absolute atomic E-state index is 0.125. The van der Waals surface area contributed by atoms with Crippen molar-refractivity contribution in [2.24, 2.45) is 0 Å². The van der Waals surface area contributed by atoms with Crippen LogP contribution in [0.3, 0.4) is 0 Å². The Bertz CT molecular complexity index is 1030. The SMILES string of the molecule is COc1ccccc1[P@](CC[P@](c1ccccc1)C1C=CC=CC1OC)c1ccccc1. The first-order valence-electron chi connectivity index (χ1n) is 11.0. The van der Waals surface area contributed by atoms with Crippen molar-refractivity contribution in [2.45, 2.75) is 11.8 Å². The van der Waals surface area contributed by atoms with E-state index in [1.165, 1.54) is 15.9 Å². The third-order valence-electron chi connectivity index (χ3n) is 5.79. The summed E-state index contributed by atoms with van der Waals surface area (Å²) in [6.45, 7) is 0. The maximum atomic E-state index is 5.88. The van der Waals surface area contributed by atoms with Crippen LogP contribution in [0.4, 0.5) is 0 Å². The Kier molecular flexibility index (Phi) is 8.30. The molecule has 164 valence electrons. The normalized spacial score (nSPS) is 19.4. The van der Waals surface area contributed by atoms with E-state index < -0.39 is 15.8 Å². The standard InChI is InChI=1S/C28H30O2P2/c1-29-25-17-9-11-19-27(25)31(23-13-5-3-6-14-23)21-22-32(24-15-7-4-8-16-24)28-20-12-10-18-26(28)30-2/h3-20,25,27H,21-22H2,1-2H3/t25?,27?,31-,32-/m1/s1. The molecule has 4 rings (SSSR count). The molecule has 0 radical (unpaired) electrons. The monoisotopic (exact) mass is 460 g/mol. The summed E-state index contributed by atoms with van der Waals surface area (Å²) in [5, 5.41) is 4.16. The lowest BCUT2D eigenvalue weighted by atomic mass is 10.1. The van der Waals surface area contributed by atoms with E-state index in [4.69, 9.17) is 9.47 Å². The molecular formula is C28H30O2P2. The average Bonchev–Trinajstić information content (AvgIpc) is 2.88. The van der Waals surface area contributed by atoms with E-state index in [2.05, 4.69) is 109 Å². The van der Waals surface area contributed by atoms with Gasteiger partial charge in [0.25, 0.3) is 0 Å². The van der Waals surface area contributed by atoms with Crippen LogP contribution in [0.25, 0.3) is 0 Å². The Morgan fingerprint density at radius 3 is 2.00 bits per heavy atom. The molecule has 0 heterocycles. The number of rotatable bonds is 9. The van der Waals surface area contributed by atoms with Crippen molar-refractivity contribution in [3.63, 3.8) is 0 Å². The van der Waals surface area contributed by atoms with Crippen LogP contribution in [0, 0.1) is 0 Å². The minimum Gasteiger partial charge on any atom is -0.496 e. The second kappa shape index (κ2) is 11.6. The summed E-state index contributed by atoms with van der Waals surface area (Å²) in [6.07, 6.45) is 11.2. The molecule has 1 aliphatic carbocycles. The van der Waals surface area contributed by atoms with Crippen molar-refractivity contribution in [3.8, 4) is 5.75 Å². The van der Waals surface area contributed by atoms with Crippen LogP contribution in [0.1, 0.15) is 0 Å². The minimum atomic E-state index is -0.532. The van der Waals surface area contributed by atoms with Gasteiger partial charge in [0.2, 0.25) is 0 Å². The number of hydrogen-bond donors (Lipinski definition) is 0. The van der Waals surface area contributed by atoms with Crippen molar-refractivity contribution in [2.75, 3.05) is 26.5 Å². The summed E-state index contributed by atoms with van der Waals surface area (Å²) < 4.78 is 11.7. The van der Waals surface area contributed by atoms with Gasteiger partial charge in [-0.25, -0.2) is 0 Å². The molecule has 0 saturated heterocycles. The molecule has 0 aromatic heterocycles. The van der Waals surface area contributed by atoms with Gasteiger partial charge in [0.05, 0.1) is 13.2 Å². The Hall–Kier alpha value is -2.24. The number of benzene rings is 3. The van der Waals surface area contributed by atoms with E-state index in [0.29, 0.717) is 5.66 Å². The molecule has 1 aliphatic rings. The van der Waals surface area contributed by atoms with E-state index >= 15 is 0 Å². The summed E-state index contributed by atoms with van der Waals surface area (Å²) in [7, 11) is 2.63. The zero-order valence-corrected chi connectivity index (χ0v) is 20.5. The molecular weight excluding hydrogens is 430 g/mol. The summed E-state index contributed by atoms with van der Waals surface area (Å²) in [4.78, 5) is 0. The summed E-state index contributed by atoms with van der Waals surface area (Å²) >= 11 is 0. The Labute approximate surface area is 194 Å². The average molecular weight is 460 g/mol. The van der Waals surface area contributed by atoms with Crippen LogP contribution < -0.4 is 20.7 Å². The largest absolute Gasteiger partial charge is 0.496 e. The number of methoxy groups -OCH3 is 2. The summed E-state index contributed by atoms with van der Waals surface area (Å²) in [6, 6.07) is 30.4. The number of para-hydroxylation sites is 1. The van der Waals surface area contributed by atoms with Crippen molar-refractivity contribution >= 4 is 31.8 Å². The third kappa shape index (κ3) is 5.38. The van der Waals surface area contributed by atoms with E-state index in [0.717, 1.165) is 18.1 Å². The van der Waals surface area contributed by atoms with E-state index in [9.17, 15) is 0 Å². The van der Waals surface area contributed by atoms with E-state index in [1.54, 1.807) is 7.11 Å². The van der Waals surface area contributed by atoms with Gasteiger partial charge in [-0.1, -0.05) is 111 Å². The zero-order chi connectivity index (χ0) is 22.2. The first-order chi connectivity index (χ1) is 15.8.